The third-order valence-corrected chi connectivity index (χ3v) is 2.54. The fourth-order valence-corrected chi connectivity index (χ4v) is 1.47. The van der Waals surface area contributed by atoms with E-state index in [4.69, 9.17) is 16.7 Å². The van der Waals surface area contributed by atoms with Crippen LogP contribution in [0.15, 0.2) is 18.2 Å². The van der Waals surface area contributed by atoms with E-state index in [2.05, 4.69) is 5.32 Å². The highest BCUT2D eigenvalue weighted by Crippen LogP contribution is 2.21. The number of halogens is 1. The summed E-state index contributed by atoms with van der Waals surface area (Å²) in [6.45, 7) is 1.64. The lowest BCUT2D eigenvalue weighted by atomic mass is 10.1. The summed E-state index contributed by atoms with van der Waals surface area (Å²) in [6, 6.07) is 2.92. The lowest BCUT2D eigenvalue weighted by molar-refractivity contribution is -0.139. The smallest absolute Gasteiger partial charge is 0.326 e. The Morgan fingerprint density at radius 3 is 2.65 bits per heavy atom. The van der Waals surface area contributed by atoms with Crippen LogP contribution in [0.25, 0.3) is 0 Å². The number of aromatic hydroxyl groups is 1. The van der Waals surface area contributed by atoms with Crippen molar-refractivity contribution >= 4 is 23.5 Å². The zero-order chi connectivity index (χ0) is 13.0. The van der Waals surface area contributed by atoms with Crippen LogP contribution in [0.5, 0.6) is 5.75 Å². The van der Waals surface area contributed by atoms with Gasteiger partial charge in [-0.2, -0.15) is 0 Å². The van der Waals surface area contributed by atoms with Crippen molar-refractivity contribution in [2.45, 2.75) is 19.4 Å². The number of phenolic OH excluding ortho intramolecular Hbond substituents is 1. The first-order chi connectivity index (χ1) is 7.95. The molecule has 1 aromatic rings. The number of carboxylic acid groups (broad SMARTS) is 1. The number of amides is 1. The quantitative estimate of drug-likeness (QED) is 0.765. The van der Waals surface area contributed by atoms with Gasteiger partial charge in [0.15, 0.2) is 0 Å². The number of hydrogen-bond donors (Lipinski definition) is 3. The number of rotatable bonds is 4. The number of benzene rings is 1. The van der Waals surface area contributed by atoms with E-state index in [1.54, 1.807) is 6.92 Å². The van der Waals surface area contributed by atoms with E-state index in [0.717, 1.165) is 0 Å². The summed E-state index contributed by atoms with van der Waals surface area (Å²) < 4.78 is 0. The highest BCUT2D eigenvalue weighted by molar-refractivity contribution is 6.33. The standard InChI is InChI=1S/C11H12ClNO4/c1-2-9(11(16)17)13-10(15)7-5-6(14)3-4-8(7)12/h3-5,9,14H,2H2,1H3,(H,13,15)(H,16,17)/t9-/m1/s1. The maximum atomic E-state index is 11.7. The van der Waals surface area contributed by atoms with E-state index in [9.17, 15) is 14.7 Å². The van der Waals surface area contributed by atoms with Gasteiger partial charge in [-0.1, -0.05) is 18.5 Å². The van der Waals surface area contributed by atoms with Crippen molar-refractivity contribution in [1.82, 2.24) is 5.32 Å². The normalized spacial score (nSPS) is 11.9. The SMILES string of the molecule is CC[C@@H](NC(=O)c1cc(O)ccc1Cl)C(=O)O. The molecular weight excluding hydrogens is 246 g/mol. The molecule has 5 nitrogen and oxygen atoms in total. The monoisotopic (exact) mass is 257 g/mol. The lowest BCUT2D eigenvalue weighted by Gasteiger charge is -2.13. The summed E-state index contributed by atoms with van der Waals surface area (Å²) in [5, 5.41) is 20.5. The molecule has 0 aliphatic carbocycles. The Morgan fingerprint density at radius 2 is 2.12 bits per heavy atom. The van der Waals surface area contributed by atoms with Gasteiger partial charge in [0.05, 0.1) is 10.6 Å². The molecule has 0 heterocycles. The molecule has 1 rings (SSSR count). The molecule has 6 heteroatoms. The maximum Gasteiger partial charge on any atom is 0.326 e. The van der Waals surface area contributed by atoms with Gasteiger partial charge < -0.3 is 15.5 Å². The summed E-state index contributed by atoms with van der Waals surface area (Å²) in [5.74, 6) is -1.85. The van der Waals surface area contributed by atoms with E-state index in [0.29, 0.717) is 0 Å². The van der Waals surface area contributed by atoms with Crippen LogP contribution in [0.3, 0.4) is 0 Å². The van der Waals surface area contributed by atoms with Crippen molar-refractivity contribution in [3.8, 4) is 5.75 Å². The van der Waals surface area contributed by atoms with E-state index in [-0.39, 0.29) is 22.8 Å². The van der Waals surface area contributed by atoms with Crippen LogP contribution in [0.1, 0.15) is 23.7 Å². The van der Waals surface area contributed by atoms with Crippen LogP contribution in [0, 0.1) is 0 Å². The second-order valence-corrected chi connectivity index (χ2v) is 3.84. The molecule has 0 fully saturated rings. The minimum atomic E-state index is -1.11. The summed E-state index contributed by atoms with van der Waals surface area (Å²) in [4.78, 5) is 22.5. The molecule has 17 heavy (non-hydrogen) atoms. The van der Waals surface area contributed by atoms with Crippen molar-refractivity contribution < 1.29 is 19.8 Å². The predicted octanol–water partition coefficient (Wildman–Crippen LogP) is 1.64. The summed E-state index contributed by atoms with van der Waals surface area (Å²) in [5.41, 5.74) is 0.0476. The van der Waals surface area contributed by atoms with Crippen molar-refractivity contribution in [1.29, 1.82) is 0 Å². The fraction of sp³-hybridized carbons (Fsp3) is 0.273. The van der Waals surface area contributed by atoms with Crippen LogP contribution in [-0.2, 0) is 4.79 Å². The van der Waals surface area contributed by atoms with Gasteiger partial charge in [0.25, 0.3) is 5.91 Å². The van der Waals surface area contributed by atoms with Crippen molar-refractivity contribution in [2.75, 3.05) is 0 Å². The highest BCUT2D eigenvalue weighted by atomic mass is 35.5. The highest BCUT2D eigenvalue weighted by Gasteiger charge is 2.20. The van der Waals surface area contributed by atoms with Crippen LogP contribution in [0.4, 0.5) is 0 Å². The van der Waals surface area contributed by atoms with Gasteiger partial charge in [0.2, 0.25) is 0 Å². The summed E-state index contributed by atoms with van der Waals surface area (Å²) in [6.07, 6.45) is 0.261. The molecule has 1 atom stereocenters. The minimum Gasteiger partial charge on any atom is -0.508 e. The number of carbonyl (C=O) groups excluding carboxylic acids is 1. The molecule has 0 saturated heterocycles. The first kappa shape index (κ1) is 13.3. The van der Waals surface area contributed by atoms with Gasteiger partial charge in [0, 0.05) is 0 Å². The third-order valence-electron chi connectivity index (χ3n) is 2.21. The van der Waals surface area contributed by atoms with Crippen molar-refractivity contribution in [3.63, 3.8) is 0 Å². The van der Waals surface area contributed by atoms with Gasteiger partial charge >= 0.3 is 5.97 Å². The average molecular weight is 258 g/mol. The molecule has 0 aromatic heterocycles. The number of phenols is 1. The predicted molar refractivity (Wildman–Crippen MR) is 62.3 cm³/mol. The Kier molecular flexibility index (Phi) is 4.34. The Balaban J connectivity index is 2.89. The topological polar surface area (TPSA) is 86.6 Å². The zero-order valence-electron chi connectivity index (χ0n) is 9.11. The Bertz CT molecular complexity index is 447. The molecule has 1 amide bonds. The molecule has 0 unspecified atom stereocenters. The molecule has 0 aliphatic heterocycles. The zero-order valence-corrected chi connectivity index (χ0v) is 9.86. The number of carbonyl (C=O) groups is 2. The van der Waals surface area contributed by atoms with E-state index >= 15 is 0 Å². The molecule has 0 bridgehead atoms. The third kappa shape index (κ3) is 3.35. The number of hydrogen-bond acceptors (Lipinski definition) is 3. The number of carboxylic acids is 1. The first-order valence-electron chi connectivity index (χ1n) is 4.98. The average Bonchev–Trinajstić information content (AvgIpc) is 2.28. The second-order valence-electron chi connectivity index (χ2n) is 3.44. The van der Waals surface area contributed by atoms with Gasteiger partial charge in [-0.15, -0.1) is 0 Å². The van der Waals surface area contributed by atoms with Crippen molar-refractivity contribution in [2.24, 2.45) is 0 Å². The summed E-state index contributed by atoms with van der Waals surface area (Å²) in [7, 11) is 0. The van der Waals surface area contributed by atoms with Crippen LogP contribution in [0.2, 0.25) is 5.02 Å². The number of aliphatic carboxylic acids is 1. The molecule has 1 aromatic carbocycles. The van der Waals surface area contributed by atoms with Gasteiger partial charge in [-0.05, 0) is 24.6 Å². The van der Waals surface area contributed by atoms with Gasteiger partial charge in [0.1, 0.15) is 11.8 Å². The Morgan fingerprint density at radius 1 is 1.47 bits per heavy atom. The second kappa shape index (κ2) is 5.54. The largest absolute Gasteiger partial charge is 0.508 e. The molecular formula is C11H12ClNO4. The van der Waals surface area contributed by atoms with Crippen LogP contribution >= 0.6 is 11.6 Å². The van der Waals surface area contributed by atoms with Gasteiger partial charge in [-0.25, -0.2) is 4.79 Å². The van der Waals surface area contributed by atoms with E-state index in [1.807, 2.05) is 0 Å². The molecule has 0 aliphatic rings. The summed E-state index contributed by atoms with van der Waals surface area (Å²) >= 11 is 5.78. The van der Waals surface area contributed by atoms with Crippen LogP contribution in [-0.4, -0.2) is 28.1 Å². The number of nitrogens with one attached hydrogen (secondary N) is 1. The molecule has 3 N–H and O–H groups in total. The van der Waals surface area contributed by atoms with Gasteiger partial charge in [-0.3, -0.25) is 4.79 Å². The minimum absolute atomic E-state index is 0.0476. The lowest BCUT2D eigenvalue weighted by Crippen LogP contribution is -2.40. The van der Waals surface area contributed by atoms with Crippen LogP contribution < -0.4 is 5.32 Å². The maximum absolute atomic E-state index is 11.7. The molecule has 0 spiro atoms. The van der Waals surface area contributed by atoms with Crippen molar-refractivity contribution in [3.05, 3.63) is 28.8 Å². The molecule has 0 radical (unpaired) electrons. The molecule has 92 valence electrons. The molecule has 0 saturated carbocycles. The first-order valence-corrected chi connectivity index (χ1v) is 5.35. The Hall–Kier alpha value is -1.75. The van der Waals surface area contributed by atoms with E-state index in [1.165, 1.54) is 18.2 Å². The Labute approximate surface area is 103 Å². The van der Waals surface area contributed by atoms with E-state index < -0.39 is 17.9 Å². The fourth-order valence-electron chi connectivity index (χ4n) is 1.26.